The Kier molecular flexibility index (Phi) is 14.1. The molecule has 2 rings (SSSR count). The first-order valence-electron chi connectivity index (χ1n) is 13.3. The summed E-state index contributed by atoms with van der Waals surface area (Å²) in [5.74, 6) is 3.95. The molecule has 0 aromatic heterocycles. The van der Waals surface area contributed by atoms with Crippen LogP contribution in [0.15, 0.2) is 21.0 Å². The van der Waals surface area contributed by atoms with E-state index in [0.29, 0.717) is 23.1 Å². The number of allylic oxidation sites excluding steroid dienone is 1. The van der Waals surface area contributed by atoms with Crippen LogP contribution in [0.5, 0.6) is 0 Å². The zero-order chi connectivity index (χ0) is 23.2. The molecule has 1 heterocycles. The van der Waals surface area contributed by atoms with Crippen molar-refractivity contribution in [3.05, 3.63) is 11.0 Å². The molecule has 0 spiro atoms. The molecule has 1 fully saturated rings. The van der Waals surface area contributed by atoms with Crippen LogP contribution in [-0.4, -0.2) is 36.4 Å². The van der Waals surface area contributed by atoms with E-state index in [0.717, 1.165) is 38.1 Å². The van der Waals surface area contributed by atoms with E-state index >= 15 is 0 Å². The highest BCUT2D eigenvalue weighted by atomic mass is 35.5. The van der Waals surface area contributed by atoms with Gasteiger partial charge in [-0.25, -0.2) is 0 Å². The highest BCUT2D eigenvalue weighted by molar-refractivity contribution is 8.04. The Balaban J connectivity index is 2.12. The second-order valence-electron chi connectivity index (χ2n) is 10.1. The lowest BCUT2D eigenvalue weighted by Gasteiger charge is -2.31. The topological polar surface area (TPSA) is 36.8 Å². The van der Waals surface area contributed by atoms with Crippen LogP contribution in [0.2, 0.25) is 0 Å². The number of hydrogen-bond acceptors (Lipinski definition) is 3. The molecule has 1 saturated carbocycles. The van der Waals surface area contributed by atoms with E-state index in [1.54, 1.807) is 0 Å². The fraction of sp³-hybridized carbons (Fsp3) is 0.852. The fourth-order valence-corrected chi connectivity index (χ4v) is 6.17. The van der Waals surface area contributed by atoms with Gasteiger partial charge < -0.3 is 5.32 Å². The lowest BCUT2D eigenvalue weighted by molar-refractivity contribution is 0.298. The number of halogens is 1. The Morgan fingerprint density at radius 2 is 1.94 bits per heavy atom. The van der Waals surface area contributed by atoms with Gasteiger partial charge in [-0.1, -0.05) is 65.4 Å². The monoisotopic (exact) mass is 481 g/mol. The van der Waals surface area contributed by atoms with Crippen molar-refractivity contribution in [2.45, 2.75) is 116 Å². The SMILES string of the molecule is C=NC(NC(=N\CC(C)CCCCCC)/C1=C/C(C)CCCCCS1)C1CCC(Cl)CC1. The molecule has 184 valence electrons. The summed E-state index contributed by atoms with van der Waals surface area (Å²) in [6, 6.07) is 0. The molecule has 5 heteroatoms. The summed E-state index contributed by atoms with van der Waals surface area (Å²) < 4.78 is 0. The molecule has 3 unspecified atom stereocenters. The third kappa shape index (κ3) is 10.6. The number of unbranched alkanes of at least 4 members (excludes halogenated alkanes) is 3. The minimum absolute atomic E-state index is 0.0298. The lowest BCUT2D eigenvalue weighted by Crippen LogP contribution is -2.41. The van der Waals surface area contributed by atoms with Gasteiger partial charge in [-0.2, -0.15) is 0 Å². The Labute approximate surface area is 207 Å². The average Bonchev–Trinajstić information content (AvgIpc) is 2.89. The van der Waals surface area contributed by atoms with Crippen LogP contribution >= 0.6 is 23.4 Å². The summed E-state index contributed by atoms with van der Waals surface area (Å²) >= 11 is 8.35. The van der Waals surface area contributed by atoms with Crippen LogP contribution in [0.4, 0.5) is 0 Å². The number of aliphatic imine (C=N–C) groups is 2. The maximum Gasteiger partial charge on any atom is 0.136 e. The molecule has 0 aromatic rings. The van der Waals surface area contributed by atoms with Gasteiger partial charge in [0, 0.05) is 16.8 Å². The van der Waals surface area contributed by atoms with Crippen molar-refractivity contribution >= 4 is 35.9 Å². The Hall–Kier alpha value is -0.480. The van der Waals surface area contributed by atoms with Crippen molar-refractivity contribution < 1.29 is 0 Å². The Morgan fingerprint density at radius 3 is 2.66 bits per heavy atom. The zero-order valence-corrected chi connectivity index (χ0v) is 22.5. The fourth-order valence-electron chi connectivity index (χ4n) is 4.76. The van der Waals surface area contributed by atoms with Crippen LogP contribution in [0.3, 0.4) is 0 Å². The van der Waals surface area contributed by atoms with E-state index < -0.39 is 0 Å². The predicted molar refractivity (Wildman–Crippen MR) is 146 cm³/mol. The van der Waals surface area contributed by atoms with E-state index in [1.165, 1.54) is 68.4 Å². The van der Waals surface area contributed by atoms with Gasteiger partial charge in [-0.05, 0) is 75.2 Å². The maximum absolute atomic E-state index is 6.37. The van der Waals surface area contributed by atoms with Gasteiger partial charge in [0.15, 0.2) is 0 Å². The first-order valence-corrected chi connectivity index (χ1v) is 14.7. The zero-order valence-electron chi connectivity index (χ0n) is 21.0. The van der Waals surface area contributed by atoms with Crippen molar-refractivity contribution in [3.63, 3.8) is 0 Å². The largest absolute Gasteiger partial charge is 0.348 e. The normalized spacial score (nSPS) is 29.1. The van der Waals surface area contributed by atoms with Gasteiger partial charge in [-0.3, -0.25) is 9.98 Å². The number of alkyl halides is 1. The Bertz CT molecular complexity index is 583. The van der Waals surface area contributed by atoms with Gasteiger partial charge in [0.2, 0.25) is 0 Å². The molecule has 0 radical (unpaired) electrons. The van der Waals surface area contributed by atoms with Gasteiger partial charge >= 0.3 is 0 Å². The second kappa shape index (κ2) is 16.2. The van der Waals surface area contributed by atoms with Gasteiger partial charge in [0.1, 0.15) is 12.0 Å². The predicted octanol–water partition coefficient (Wildman–Crippen LogP) is 8.23. The third-order valence-corrected chi connectivity index (χ3v) is 8.54. The van der Waals surface area contributed by atoms with Crippen molar-refractivity contribution in [2.24, 2.45) is 27.7 Å². The molecule has 0 aromatic carbocycles. The van der Waals surface area contributed by atoms with Gasteiger partial charge in [-0.15, -0.1) is 23.4 Å². The van der Waals surface area contributed by atoms with Crippen molar-refractivity contribution in [1.29, 1.82) is 0 Å². The summed E-state index contributed by atoms with van der Waals surface area (Å²) in [5, 5.41) is 4.09. The average molecular weight is 482 g/mol. The highest BCUT2D eigenvalue weighted by Crippen LogP contribution is 2.31. The molecule has 1 aliphatic carbocycles. The lowest BCUT2D eigenvalue weighted by atomic mass is 9.86. The molecule has 2 aliphatic rings. The number of rotatable bonds is 11. The standard InChI is InChI=1S/C27H48ClN3S/c1-5-6-7-9-13-22(3)20-30-27(25-19-21(2)12-10-8-11-18-32-25)31-26(29-4)23-14-16-24(28)17-15-23/h19,21-24,26H,4-18,20H2,1-3H3,(H,30,31)/b25-19-. The second-order valence-corrected chi connectivity index (χ2v) is 11.9. The number of amidine groups is 1. The molecule has 1 aliphatic heterocycles. The van der Waals surface area contributed by atoms with Crippen LogP contribution in [0.25, 0.3) is 0 Å². The van der Waals surface area contributed by atoms with Crippen LogP contribution in [0, 0.1) is 17.8 Å². The van der Waals surface area contributed by atoms with Crippen molar-refractivity contribution in [3.8, 4) is 0 Å². The maximum atomic E-state index is 6.37. The molecule has 3 atom stereocenters. The molecule has 0 saturated heterocycles. The smallest absolute Gasteiger partial charge is 0.136 e. The summed E-state index contributed by atoms with van der Waals surface area (Å²) in [5.41, 5.74) is 0. The molecule has 1 N–H and O–H groups in total. The number of nitrogens with zero attached hydrogens (tertiary/aromatic N) is 2. The Morgan fingerprint density at radius 1 is 1.16 bits per heavy atom. The van der Waals surface area contributed by atoms with Crippen LogP contribution in [-0.2, 0) is 0 Å². The molecule has 3 nitrogen and oxygen atoms in total. The minimum atomic E-state index is 0.0298. The molecular weight excluding hydrogens is 434 g/mol. The van der Waals surface area contributed by atoms with E-state index in [-0.39, 0.29) is 6.17 Å². The van der Waals surface area contributed by atoms with Crippen LogP contribution < -0.4 is 5.32 Å². The van der Waals surface area contributed by atoms with E-state index in [1.807, 2.05) is 11.8 Å². The summed E-state index contributed by atoms with van der Waals surface area (Å²) in [6.45, 7) is 11.8. The molecule has 0 bridgehead atoms. The minimum Gasteiger partial charge on any atom is -0.348 e. The summed E-state index contributed by atoms with van der Waals surface area (Å²) in [4.78, 5) is 11.0. The van der Waals surface area contributed by atoms with Crippen molar-refractivity contribution in [1.82, 2.24) is 5.32 Å². The number of hydrogen-bond donors (Lipinski definition) is 1. The molecule has 0 amide bonds. The molecule has 32 heavy (non-hydrogen) atoms. The first-order chi connectivity index (χ1) is 15.5. The summed E-state index contributed by atoms with van der Waals surface area (Å²) in [7, 11) is 0. The highest BCUT2D eigenvalue weighted by Gasteiger charge is 2.27. The summed E-state index contributed by atoms with van der Waals surface area (Å²) in [6.07, 6.45) is 18.7. The van der Waals surface area contributed by atoms with Crippen molar-refractivity contribution in [2.75, 3.05) is 12.3 Å². The van der Waals surface area contributed by atoms with E-state index in [2.05, 4.69) is 43.9 Å². The van der Waals surface area contributed by atoms with Gasteiger partial charge in [0.05, 0.1) is 0 Å². The number of nitrogens with one attached hydrogen (secondary N) is 1. The van der Waals surface area contributed by atoms with E-state index in [9.17, 15) is 0 Å². The first kappa shape index (κ1) is 27.8. The third-order valence-electron chi connectivity index (χ3n) is 6.97. The van der Waals surface area contributed by atoms with Gasteiger partial charge in [0.25, 0.3) is 0 Å². The quantitative estimate of drug-likeness (QED) is 0.139. The van der Waals surface area contributed by atoms with E-state index in [4.69, 9.17) is 16.6 Å². The number of thioether (sulfide) groups is 1. The molecular formula is C27H48ClN3S. The van der Waals surface area contributed by atoms with Crippen LogP contribution in [0.1, 0.15) is 104 Å².